The van der Waals surface area contributed by atoms with Crippen molar-refractivity contribution in [3.8, 4) is 0 Å². The zero-order chi connectivity index (χ0) is 23.4. The summed E-state index contributed by atoms with van der Waals surface area (Å²) in [6.07, 6.45) is 9.02. The van der Waals surface area contributed by atoms with Gasteiger partial charge in [0.25, 0.3) is 11.5 Å². The molecule has 4 rings (SSSR count). The van der Waals surface area contributed by atoms with E-state index in [1.165, 1.54) is 0 Å². The molecule has 1 aromatic carbocycles. The summed E-state index contributed by atoms with van der Waals surface area (Å²) in [6.45, 7) is 7.46. The molecule has 0 unspecified atom stereocenters. The predicted molar refractivity (Wildman–Crippen MR) is 134 cm³/mol. The van der Waals surface area contributed by atoms with Gasteiger partial charge >= 0.3 is 0 Å². The second kappa shape index (κ2) is 10.4. The topological polar surface area (TPSA) is 68.4 Å². The van der Waals surface area contributed by atoms with E-state index < -0.39 is 0 Å². The van der Waals surface area contributed by atoms with Gasteiger partial charge in [-0.2, -0.15) is 0 Å². The van der Waals surface area contributed by atoms with Crippen molar-refractivity contribution in [3.63, 3.8) is 0 Å². The third-order valence-corrected chi connectivity index (χ3v) is 7.03. The maximum absolute atomic E-state index is 13.3. The Hall–Kier alpha value is -2.86. The Morgan fingerprint density at radius 2 is 1.91 bits per heavy atom. The van der Waals surface area contributed by atoms with Gasteiger partial charge in [0.2, 0.25) is 0 Å². The van der Waals surface area contributed by atoms with Crippen LogP contribution in [0.2, 0.25) is 0 Å². The third-order valence-electron chi connectivity index (χ3n) is 7.03. The number of carbonyl (C=O) groups excluding carboxylic acids is 1. The lowest BCUT2D eigenvalue weighted by atomic mass is 9.96. The quantitative estimate of drug-likeness (QED) is 0.705. The predicted octanol–water partition coefficient (Wildman–Crippen LogP) is 3.58. The first kappa shape index (κ1) is 23.3. The summed E-state index contributed by atoms with van der Waals surface area (Å²) in [5.41, 5.74) is 5.34. The normalized spacial score (nSPS) is 18.0. The highest BCUT2D eigenvalue weighted by molar-refractivity contribution is 5.97. The molecule has 6 heteroatoms. The SMILES string of the molecule is CCN(c1cccc2c1CC=CCCc1cc(C)[nH]c(=O)c1CNC2=O)C1CCN(C)CC1. The molecule has 0 aliphatic carbocycles. The molecule has 0 saturated carbocycles. The van der Waals surface area contributed by atoms with Crippen LogP contribution in [0.25, 0.3) is 0 Å². The van der Waals surface area contributed by atoms with E-state index in [-0.39, 0.29) is 18.0 Å². The number of nitrogens with one attached hydrogen (secondary N) is 2. The molecule has 0 spiro atoms. The average molecular weight is 449 g/mol. The zero-order valence-corrected chi connectivity index (χ0v) is 20.1. The number of nitrogens with zero attached hydrogens (tertiary/aromatic N) is 2. The lowest BCUT2D eigenvalue weighted by Crippen LogP contribution is -2.44. The summed E-state index contributed by atoms with van der Waals surface area (Å²) in [6, 6.07) is 8.58. The van der Waals surface area contributed by atoms with Crippen LogP contribution in [-0.2, 0) is 19.4 Å². The molecule has 3 heterocycles. The first-order valence-corrected chi connectivity index (χ1v) is 12.2. The van der Waals surface area contributed by atoms with Crippen molar-refractivity contribution >= 4 is 11.6 Å². The van der Waals surface area contributed by atoms with Gasteiger partial charge in [-0.3, -0.25) is 9.59 Å². The summed E-state index contributed by atoms with van der Waals surface area (Å²) in [5.74, 6) is -0.119. The number of amides is 1. The Morgan fingerprint density at radius 3 is 2.67 bits per heavy atom. The standard InChI is InChI=1S/C27H36N4O2/c1-4-31(21-13-15-30(3)16-14-21)25-12-8-11-23-22(25)10-7-5-6-9-20-17-19(2)29-27(33)24(20)18-28-26(23)32/h5,7-8,11-12,17,21H,4,6,9-10,13-16,18H2,1-3H3,(H,28,32)(H,29,33). The van der Waals surface area contributed by atoms with E-state index in [0.717, 1.165) is 74.2 Å². The third kappa shape index (κ3) is 5.22. The van der Waals surface area contributed by atoms with Gasteiger partial charge in [0.1, 0.15) is 0 Å². The fourth-order valence-electron chi connectivity index (χ4n) is 5.23. The highest BCUT2D eigenvalue weighted by Gasteiger charge is 2.26. The van der Waals surface area contributed by atoms with Crippen molar-refractivity contribution in [1.82, 2.24) is 15.2 Å². The molecule has 1 saturated heterocycles. The van der Waals surface area contributed by atoms with Gasteiger partial charge in [0.05, 0.1) is 0 Å². The summed E-state index contributed by atoms with van der Waals surface area (Å²) < 4.78 is 0. The molecule has 0 atom stereocenters. The minimum Gasteiger partial charge on any atom is -0.368 e. The van der Waals surface area contributed by atoms with Crippen molar-refractivity contribution < 1.29 is 4.79 Å². The number of hydrogen-bond acceptors (Lipinski definition) is 4. The van der Waals surface area contributed by atoms with Gasteiger partial charge in [0.15, 0.2) is 0 Å². The maximum Gasteiger partial charge on any atom is 0.253 e. The van der Waals surface area contributed by atoms with E-state index in [4.69, 9.17) is 0 Å². The highest BCUT2D eigenvalue weighted by atomic mass is 16.1. The number of aromatic nitrogens is 1. The smallest absolute Gasteiger partial charge is 0.253 e. The number of aryl methyl sites for hydroxylation is 2. The van der Waals surface area contributed by atoms with E-state index in [1.54, 1.807) is 0 Å². The van der Waals surface area contributed by atoms with E-state index in [0.29, 0.717) is 17.2 Å². The number of likely N-dealkylation sites (tertiary alicyclic amines) is 1. The van der Waals surface area contributed by atoms with E-state index in [9.17, 15) is 9.59 Å². The largest absolute Gasteiger partial charge is 0.368 e. The van der Waals surface area contributed by atoms with Crippen LogP contribution >= 0.6 is 0 Å². The molecule has 1 fully saturated rings. The highest BCUT2D eigenvalue weighted by Crippen LogP contribution is 2.30. The van der Waals surface area contributed by atoms with Crippen LogP contribution in [-0.4, -0.2) is 48.5 Å². The molecule has 6 nitrogen and oxygen atoms in total. The Balaban J connectivity index is 1.68. The van der Waals surface area contributed by atoms with Crippen molar-refractivity contribution in [3.05, 3.63) is 74.7 Å². The number of allylic oxidation sites excluding steroid dienone is 2. The number of benzene rings is 1. The molecule has 0 bridgehead atoms. The van der Waals surface area contributed by atoms with Gasteiger partial charge < -0.3 is 20.1 Å². The number of piperidine rings is 1. The summed E-state index contributed by atoms with van der Waals surface area (Å²) in [5, 5.41) is 3.03. The van der Waals surface area contributed by atoms with Crippen LogP contribution in [0, 0.1) is 6.92 Å². The molecule has 0 radical (unpaired) electrons. The van der Waals surface area contributed by atoms with Gasteiger partial charge in [-0.05, 0) is 95.4 Å². The fourth-order valence-corrected chi connectivity index (χ4v) is 5.23. The average Bonchev–Trinajstić information content (AvgIpc) is 2.79. The molecule has 2 aromatic rings. The number of anilines is 1. The van der Waals surface area contributed by atoms with E-state index in [2.05, 4.69) is 52.3 Å². The number of fused-ring (bicyclic) bond motifs is 2. The van der Waals surface area contributed by atoms with Crippen LogP contribution in [0.5, 0.6) is 0 Å². The second-order valence-electron chi connectivity index (χ2n) is 9.31. The molecular formula is C27H36N4O2. The van der Waals surface area contributed by atoms with Gasteiger partial charge in [-0.25, -0.2) is 0 Å². The molecule has 1 amide bonds. The van der Waals surface area contributed by atoms with Crippen LogP contribution in [0.3, 0.4) is 0 Å². The second-order valence-corrected chi connectivity index (χ2v) is 9.31. The van der Waals surface area contributed by atoms with E-state index >= 15 is 0 Å². The number of pyridine rings is 1. The minimum absolute atomic E-state index is 0.111. The Morgan fingerprint density at radius 1 is 1.12 bits per heavy atom. The van der Waals surface area contributed by atoms with Gasteiger partial charge in [-0.15, -0.1) is 0 Å². The monoisotopic (exact) mass is 448 g/mol. The number of hydrogen-bond donors (Lipinski definition) is 2. The van der Waals surface area contributed by atoms with Crippen LogP contribution in [0.15, 0.2) is 41.2 Å². The molecule has 1 aromatic heterocycles. The summed E-state index contributed by atoms with van der Waals surface area (Å²) >= 11 is 0. The van der Waals surface area contributed by atoms with Gasteiger partial charge in [-0.1, -0.05) is 18.2 Å². The van der Waals surface area contributed by atoms with E-state index in [1.807, 2.05) is 25.1 Å². The number of rotatable bonds is 3. The number of H-pyrrole nitrogens is 1. The molecule has 2 aliphatic heterocycles. The zero-order valence-electron chi connectivity index (χ0n) is 20.1. The molecule has 33 heavy (non-hydrogen) atoms. The number of aromatic amines is 1. The molecule has 2 aliphatic rings. The lowest BCUT2D eigenvalue weighted by Gasteiger charge is -2.39. The summed E-state index contributed by atoms with van der Waals surface area (Å²) in [7, 11) is 2.18. The van der Waals surface area contributed by atoms with Crippen molar-refractivity contribution in [2.45, 2.75) is 58.5 Å². The Labute approximate surface area is 196 Å². The van der Waals surface area contributed by atoms with Crippen LogP contribution in [0.4, 0.5) is 5.69 Å². The summed E-state index contributed by atoms with van der Waals surface area (Å²) in [4.78, 5) is 33.7. The molecule has 2 N–H and O–H groups in total. The number of carbonyl (C=O) groups is 1. The lowest BCUT2D eigenvalue weighted by molar-refractivity contribution is 0.0950. The first-order chi connectivity index (χ1) is 16.0. The van der Waals surface area contributed by atoms with Crippen LogP contribution in [0.1, 0.15) is 58.9 Å². The Kier molecular flexibility index (Phi) is 7.33. The van der Waals surface area contributed by atoms with Gasteiger partial charge in [0, 0.05) is 41.6 Å². The first-order valence-electron chi connectivity index (χ1n) is 12.2. The fraction of sp³-hybridized carbons (Fsp3) is 0.481. The Bertz CT molecular complexity index is 1080. The van der Waals surface area contributed by atoms with Crippen LogP contribution < -0.4 is 15.8 Å². The molecular weight excluding hydrogens is 412 g/mol. The van der Waals surface area contributed by atoms with Crippen molar-refractivity contribution in [2.75, 3.05) is 31.6 Å². The maximum atomic E-state index is 13.3. The minimum atomic E-state index is -0.119. The van der Waals surface area contributed by atoms with Crippen molar-refractivity contribution in [2.24, 2.45) is 0 Å². The molecule has 176 valence electrons. The van der Waals surface area contributed by atoms with Crippen molar-refractivity contribution in [1.29, 1.82) is 0 Å².